The van der Waals surface area contributed by atoms with Crippen molar-refractivity contribution in [3.8, 4) is 5.75 Å². The molecular formula is C13H15BrN2O3. The molecule has 1 heterocycles. The molecule has 1 fully saturated rings. The van der Waals surface area contributed by atoms with Crippen LogP contribution in [-0.4, -0.2) is 43.0 Å². The lowest BCUT2D eigenvalue weighted by atomic mass is 10.1. The van der Waals surface area contributed by atoms with Crippen molar-refractivity contribution < 1.29 is 14.3 Å². The lowest BCUT2D eigenvalue weighted by molar-refractivity contribution is 0.101. The van der Waals surface area contributed by atoms with Crippen LogP contribution < -0.4 is 10.1 Å². The molecule has 5 nitrogen and oxygen atoms in total. The molecule has 2 rings (SSSR count). The van der Waals surface area contributed by atoms with Crippen LogP contribution in [0.3, 0.4) is 0 Å². The Balaban J connectivity index is 1.97. The summed E-state index contributed by atoms with van der Waals surface area (Å²) < 4.78 is 6.47. The standard InChI is InChI=1S/C13H15BrN2O3/c1-9(17)11-3-2-10(14)8-12(11)19-7-6-16-5-4-15-13(16)18/h2-3,8H,4-7H2,1H3,(H,15,18). The number of nitrogens with one attached hydrogen (secondary N) is 1. The number of carbonyl (C=O) groups is 2. The zero-order valence-corrected chi connectivity index (χ0v) is 12.2. The highest BCUT2D eigenvalue weighted by molar-refractivity contribution is 9.10. The number of benzene rings is 1. The normalized spacial score (nSPS) is 14.4. The number of nitrogens with zero attached hydrogens (tertiary/aromatic N) is 1. The van der Waals surface area contributed by atoms with E-state index < -0.39 is 0 Å². The summed E-state index contributed by atoms with van der Waals surface area (Å²) in [6.45, 7) is 3.75. The molecule has 102 valence electrons. The van der Waals surface area contributed by atoms with E-state index in [1.54, 1.807) is 23.1 Å². The van der Waals surface area contributed by atoms with Crippen LogP contribution in [0.25, 0.3) is 0 Å². The van der Waals surface area contributed by atoms with Gasteiger partial charge in [0, 0.05) is 17.6 Å². The van der Waals surface area contributed by atoms with Gasteiger partial charge in [0.05, 0.1) is 12.1 Å². The largest absolute Gasteiger partial charge is 0.491 e. The van der Waals surface area contributed by atoms with E-state index in [9.17, 15) is 9.59 Å². The molecule has 1 aliphatic rings. The molecule has 1 saturated heterocycles. The summed E-state index contributed by atoms with van der Waals surface area (Å²) in [5.74, 6) is 0.503. The summed E-state index contributed by atoms with van der Waals surface area (Å²) >= 11 is 3.35. The van der Waals surface area contributed by atoms with Gasteiger partial charge < -0.3 is 15.0 Å². The molecule has 2 amide bonds. The van der Waals surface area contributed by atoms with E-state index in [4.69, 9.17) is 4.74 Å². The van der Waals surface area contributed by atoms with Gasteiger partial charge in [0.15, 0.2) is 5.78 Å². The van der Waals surface area contributed by atoms with Crippen LogP contribution in [0.1, 0.15) is 17.3 Å². The first-order chi connectivity index (χ1) is 9.08. The van der Waals surface area contributed by atoms with Gasteiger partial charge in [0.25, 0.3) is 0 Å². The number of halogens is 1. The molecule has 6 heteroatoms. The summed E-state index contributed by atoms with van der Waals surface area (Å²) in [6.07, 6.45) is 0. The minimum atomic E-state index is -0.0652. The van der Waals surface area contributed by atoms with Gasteiger partial charge in [-0.2, -0.15) is 0 Å². The number of urea groups is 1. The highest BCUT2D eigenvalue weighted by Gasteiger charge is 2.19. The minimum absolute atomic E-state index is 0.0404. The van der Waals surface area contributed by atoms with Crippen LogP contribution in [0.5, 0.6) is 5.75 Å². The number of hydrogen-bond donors (Lipinski definition) is 1. The molecule has 0 radical (unpaired) electrons. The number of amides is 2. The quantitative estimate of drug-likeness (QED) is 0.842. The Labute approximate surface area is 120 Å². The first kappa shape index (κ1) is 13.9. The zero-order valence-electron chi connectivity index (χ0n) is 10.6. The number of ether oxygens (including phenoxy) is 1. The Morgan fingerprint density at radius 3 is 2.95 bits per heavy atom. The molecule has 1 aromatic carbocycles. The van der Waals surface area contributed by atoms with Gasteiger partial charge in [-0.25, -0.2) is 4.79 Å². The molecule has 19 heavy (non-hydrogen) atoms. The molecule has 0 saturated carbocycles. The summed E-state index contributed by atoms with van der Waals surface area (Å²) in [5.41, 5.74) is 0.550. The molecule has 1 aromatic rings. The van der Waals surface area contributed by atoms with Crippen molar-refractivity contribution >= 4 is 27.7 Å². The second-order valence-electron chi connectivity index (χ2n) is 4.26. The first-order valence-corrected chi connectivity index (χ1v) is 6.83. The maximum atomic E-state index is 11.5. The maximum Gasteiger partial charge on any atom is 0.317 e. The average Bonchev–Trinajstić information content (AvgIpc) is 2.75. The van der Waals surface area contributed by atoms with Crippen LogP contribution in [0.4, 0.5) is 4.79 Å². The third-order valence-corrected chi connectivity index (χ3v) is 3.38. The Kier molecular flexibility index (Phi) is 4.42. The molecule has 0 spiro atoms. The van der Waals surface area contributed by atoms with Crippen molar-refractivity contribution in [3.05, 3.63) is 28.2 Å². The summed E-state index contributed by atoms with van der Waals surface area (Å²) in [5, 5.41) is 2.73. The fraction of sp³-hybridized carbons (Fsp3) is 0.385. The minimum Gasteiger partial charge on any atom is -0.491 e. The van der Waals surface area contributed by atoms with Gasteiger partial charge >= 0.3 is 6.03 Å². The van der Waals surface area contributed by atoms with Crippen molar-refractivity contribution in [2.24, 2.45) is 0 Å². The Bertz CT molecular complexity index is 505. The SMILES string of the molecule is CC(=O)c1ccc(Br)cc1OCCN1CCNC1=O. The Morgan fingerprint density at radius 2 is 2.32 bits per heavy atom. The van der Waals surface area contributed by atoms with Crippen molar-refractivity contribution in [1.82, 2.24) is 10.2 Å². The molecule has 0 atom stereocenters. The topological polar surface area (TPSA) is 58.6 Å². The summed E-state index contributed by atoms with van der Waals surface area (Å²) in [7, 11) is 0. The Hall–Kier alpha value is -1.56. The fourth-order valence-electron chi connectivity index (χ4n) is 1.90. The molecule has 1 aliphatic heterocycles. The fourth-order valence-corrected chi connectivity index (χ4v) is 2.24. The van der Waals surface area contributed by atoms with E-state index in [-0.39, 0.29) is 11.8 Å². The van der Waals surface area contributed by atoms with E-state index in [1.165, 1.54) is 6.92 Å². The van der Waals surface area contributed by atoms with E-state index in [0.717, 1.165) is 4.47 Å². The van der Waals surface area contributed by atoms with Gasteiger partial charge in [0.2, 0.25) is 0 Å². The molecule has 1 N–H and O–H groups in total. The number of rotatable bonds is 5. The van der Waals surface area contributed by atoms with E-state index in [1.807, 2.05) is 0 Å². The smallest absolute Gasteiger partial charge is 0.317 e. The molecule has 0 aromatic heterocycles. The van der Waals surface area contributed by atoms with Gasteiger partial charge in [-0.15, -0.1) is 0 Å². The zero-order chi connectivity index (χ0) is 13.8. The van der Waals surface area contributed by atoms with Crippen molar-refractivity contribution in [2.45, 2.75) is 6.92 Å². The molecule has 0 aliphatic carbocycles. The van der Waals surface area contributed by atoms with E-state index >= 15 is 0 Å². The third-order valence-electron chi connectivity index (χ3n) is 2.89. The maximum absolute atomic E-state index is 11.5. The van der Waals surface area contributed by atoms with Crippen LogP contribution in [-0.2, 0) is 0 Å². The van der Waals surface area contributed by atoms with Crippen LogP contribution in [0, 0.1) is 0 Å². The van der Waals surface area contributed by atoms with Crippen LogP contribution >= 0.6 is 15.9 Å². The van der Waals surface area contributed by atoms with Gasteiger partial charge in [-0.3, -0.25) is 4.79 Å². The molecular weight excluding hydrogens is 312 g/mol. The second kappa shape index (κ2) is 6.06. The number of ketones is 1. The number of Topliss-reactive ketones (excluding diaryl/α,β-unsaturated/α-hetero) is 1. The predicted molar refractivity (Wildman–Crippen MR) is 74.6 cm³/mol. The predicted octanol–water partition coefficient (Wildman–Crippen LogP) is 2.06. The van der Waals surface area contributed by atoms with Crippen LogP contribution in [0.2, 0.25) is 0 Å². The summed E-state index contributed by atoms with van der Waals surface area (Å²) in [6, 6.07) is 5.23. The molecule has 0 bridgehead atoms. The lowest BCUT2D eigenvalue weighted by Crippen LogP contribution is -2.31. The Morgan fingerprint density at radius 1 is 1.53 bits per heavy atom. The average molecular weight is 327 g/mol. The second-order valence-corrected chi connectivity index (χ2v) is 5.18. The monoisotopic (exact) mass is 326 g/mol. The highest BCUT2D eigenvalue weighted by Crippen LogP contribution is 2.24. The van der Waals surface area contributed by atoms with Gasteiger partial charge in [0.1, 0.15) is 12.4 Å². The van der Waals surface area contributed by atoms with Crippen molar-refractivity contribution in [1.29, 1.82) is 0 Å². The van der Waals surface area contributed by atoms with Gasteiger partial charge in [-0.05, 0) is 25.1 Å². The third kappa shape index (κ3) is 3.47. The number of carbonyl (C=O) groups excluding carboxylic acids is 2. The van der Waals surface area contributed by atoms with E-state index in [2.05, 4.69) is 21.2 Å². The van der Waals surface area contributed by atoms with Crippen LogP contribution in [0.15, 0.2) is 22.7 Å². The number of hydrogen-bond acceptors (Lipinski definition) is 3. The first-order valence-electron chi connectivity index (χ1n) is 6.04. The summed E-state index contributed by atoms with van der Waals surface area (Å²) in [4.78, 5) is 24.5. The van der Waals surface area contributed by atoms with Gasteiger partial charge in [-0.1, -0.05) is 15.9 Å². The van der Waals surface area contributed by atoms with E-state index in [0.29, 0.717) is 37.6 Å². The lowest BCUT2D eigenvalue weighted by Gasteiger charge is -2.15. The molecule has 0 unspecified atom stereocenters. The highest BCUT2D eigenvalue weighted by atomic mass is 79.9. The van der Waals surface area contributed by atoms with Crippen molar-refractivity contribution in [2.75, 3.05) is 26.2 Å². The van der Waals surface area contributed by atoms with Crippen molar-refractivity contribution in [3.63, 3.8) is 0 Å².